The van der Waals surface area contributed by atoms with E-state index in [1.165, 1.54) is 22.2 Å². The van der Waals surface area contributed by atoms with Crippen LogP contribution in [0, 0.1) is 13.8 Å². The first-order chi connectivity index (χ1) is 13.5. The average molecular weight is 389 g/mol. The van der Waals surface area contributed by atoms with Crippen LogP contribution in [-0.4, -0.2) is 15.5 Å². The summed E-state index contributed by atoms with van der Waals surface area (Å²) in [5, 5.41) is 5.34. The minimum absolute atomic E-state index is 0.0845. The summed E-state index contributed by atoms with van der Waals surface area (Å²) in [6.45, 7) is 3.93. The van der Waals surface area contributed by atoms with Gasteiger partial charge in [-0.2, -0.15) is 0 Å². The number of hydrogen-bond donors (Lipinski definition) is 1. The van der Waals surface area contributed by atoms with Crippen LogP contribution >= 0.6 is 11.3 Å². The SMILES string of the molecule is Cc1ccc(NC(=O)Cn2cnc3scc(-c4ccccc4)c3c2=O)cc1C. The maximum atomic E-state index is 13.0. The van der Waals surface area contributed by atoms with Crippen molar-refractivity contribution in [2.75, 3.05) is 5.32 Å². The third-order valence-corrected chi connectivity index (χ3v) is 5.64. The lowest BCUT2D eigenvalue weighted by atomic mass is 10.1. The van der Waals surface area contributed by atoms with E-state index in [-0.39, 0.29) is 18.0 Å². The highest BCUT2D eigenvalue weighted by Gasteiger charge is 2.14. The monoisotopic (exact) mass is 389 g/mol. The van der Waals surface area contributed by atoms with Crippen molar-refractivity contribution in [1.29, 1.82) is 0 Å². The van der Waals surface area contributed by atoms with Gasteiger partial charge in [-0.25, -0.2) is 4.98 Å². The Hall–Kier alpha value is -3.25. The second-order valence-electron chi connectivity index (χ2n) is 6.72. The van der Waals surface area contributed by atoms with E-state index in [0.29, 0.717) is 10.2 Å². The number of aryl methyl sites for hydroxylation is 2. The number of rotatable bonds is 4. The molecule has 2 heterocycles. The maximum absolute atomic E-state index is 13.0. The third kappa shape index (κ3) is 3.46. The fourth-order valence-electron chi connectivity index (χ4n) is 3.08. The van der Waals surface area contributed by atoms with Crippen molar-refractivity contribution in [2.45, 2.75) is 20.4 Å². The molecular weight excluding hydrogens is 370 g/mol. The molecule has 0 bridgehead atoms. The Bertz CT molecular complexity index is 1230. The van der Waals surface area contributed by atoms with Gasteiger partial charge in [0.25, 0.3) is 5.56 Å². The number of carbonyl (C=O) groups is 1. The molecule has 0 radical (unpaired) electrons. The smallest absolute Gasteiger partial charge is 0.263 e. The molecule has 0 aliphatic rings. The predicted octanol–water partition coefficient (Wildman–Crippen LogP) is 4.38. The second-order valence-corrected chi connectivity index (χ2v) is 7.58. The molecule has 2 aromatic heterocycles. The van der Waals surface area contributed by atoms with Gasteiger partial charge in [0, 0.05) is 16.6 Å². The van der Waals surface area contributed by atoms with Crippen LogP contribution in [0.4, 0.5) is 5.69 Å². The van der Waals surface area contributed by atoms with E-state index < -0.39 is 0 Å². The van der Waals surface area contributed by atoms with Gasteiger partial charge in [0.05, 0.1) is 11.7 Å². The lowest BCUT2D eigenvalue weighted by molar-refractivity contribution is -0.116. The molecule has 1 N–H and O–H groups in total. The first-order valence-corrected chi connectivity index (χ1v) is 9.80. The van der Waals surface area contributed by atoms with Crippen molar-refractivity contribution in [1.82, 2.24) is 9.55 Å². The number of thiophene rings is 1. The average Bonchev–Trinajstić information content (AvgIpc) is 3.12. The molecule has 0 atom stereocenters. The fourth-order valence-corrected chi connectivity index (χ4v) is 3.99. The van der Waals surface area contributed by atoms with Crippen LogP contribution in [0.2, 0.25) is 0 Å². The summed E-state index contributed by atoms with van der Waals surface area (Å²) in [4.78, 5) is 30.5. The highest BCUT2D eigenvalue weighted by molar-refractivity contribution is 7.17. The fraction of sp³-hybridized carbons (Fsp3) is 0.136. The molecule has 0 saturated carbocycles. The van der Waals surface area contributed by atoms with Gasteiger partial charge in [0.2, 0.25) is 5.91 Å². The normalized spacial score (nSPS) is 10.9. The van der Waals surface area contributed by atoms with Crippen LogP contribution in [-0.2, 0) is 11.3 Å². The molecule has 5 nitrogen and oxygen atoms in total. The molecule has 2 aromatic carbocycles. The first kappa shape index (κ1) is 18.1. The molecule has 1 amide bonds. The summed E-state index contributed by atoms with van der Waals surface area (Å²) in [5.41, 5.74) is 4.58. The number of carbonyl (C=O) groups excluding carboxylic acids is 1. The number of anilines is 1. The van der Waals surface area contributed by atoms with Crippen molar-refractivity contribution >= 4 is 33.1 Å². The molecule has 0 aliphatic heterocycles. The van der Waals surface area contributed by atoms with E-state index in [1.807, 2.05) is 67.8 Å². The number of nitrogens with zero attached hydrogens (tertiary/aromatic N) is 2. The summed E-state index contributed by atoms with van der Waals surface area (Å²) in [6, 6.07) is 15.5. The van der Waals surface area contributed by atoms with E-state index >= 15 is 0 Å². The van der Waals surface area contributed by atoms with Crippen LogP contribution in [0.25, 0.3) is 21.3 Å². The Morgan fingerprint density at radius 2 is 1.89 bits per heavy atom. The standard InChI is InChI=1S/C22H19N3O2S/c1-14-8-9-17(10-15(14)2)24-19(26)11-25-13-23-21-20(22(25)27)18(12-28-21)16-6-4-3-5-7-16/h3-10,12-13H,11H2,1-2H3,(H,24,26). The summed E-state index contributed by atoms with van der Waals surface area (Å²) in [7, 11) is 0. The zero-order valence-electron chi connectivity index (χ0n) is 15.6. The molecule has 0 spiro atoms. The molecule has 4 aromatic rings. The molecule has 0 fully saturated rings. The minimum Gasteiger partial charge on any atom is -0.325 e. The predicted molar refractivity (Wildman–Crippen MR) is 114 cm³/mol. The van der Waals surface area contributed by atoms with Crippen molar-refractivity contribution in [2.24, 2.45) is 0 Å². The lowest BCUT2D eigenvalue weighted by Gasteiger charge is -2.09. The molecule has 28 heavy (non-hydrogen) atoms. The number of hydrogen-bond acceptors (Lipinski definition) is 4. The van der Waals surface area contributed by atoms with Gasteiger partial charge in [-0.05, 0) is 42.7 Å². The number of fused-ring (bicyclic) bond motifs is 1. The Morgan fingerprint density at radius 1 is 1.11 bits per heavy atom. The topological polar surface area (TPSA) is 64.0 Å². The summed E-state index contributed by atoms with van der Waals surface area (Å²) in [5.74, 6) is -0.261. The Balaban J connectivity index is 1.64. The van der Waals surface area contributed by atoms with Crippen molar-refractivity contribution < 1.29 is 4.79 Å². The number of nitrogens with one attached hydrogen (secondary N) is 1. The number of benzene rings is 2. The summed E-state index contributed by atoms with van der Waals surface area (Å²) in [6.07, 6.45) is 1.44. The molecular formula is C22H19N3O2S. The van der Waals surface area contributed by atoms with Crippen LogP contribution in [0.15, 0.2) is 65.0 Å². The first-order valence-electron chi connectivity index (χ1n) is 8.92. The Morgan fingerprint density at radius 3 is 2.64 bits per heavy atom. The van der Waals surface area contributed by atoms with Crippen LogP contribution in [0.1, 0.15) is 11.1 Å². The van der Waals surface area contributed by atoms with Gasteiger partial charge in [-0.3, -0.25) is 14.2 Å². The number of amides is 1. The van der Waals surface area contributed by atoms with Gasteiger partial charge in [-0.1, -0.05) is 36.4 Å². The lowest BCUT2D eigenvalue weighted by Crippen LogP contribution is -2.27. The van der Waals surface area contributed by atoms with Crippen molar-refractivity contribution in [3.63, 3.8) is 0 Å². The van der Waals surface area contributed by atoms with E-state index in [0.717, 1.165) is 27.9 Å². The van der Waals surface area contributed by atoms with Gasteiger partial charge >= 0.3 is 0 Å². The van der Waals surface area contributed by atoms with E-state index in [9.17, 15) is 9.59 Å². The van der Waals surface area contributed by atoms with Gasteiger partial charge in [0.15, 0.2) is 0 Å². The molecule has 6 heteroatoms. The van der Waals surface area contributed by atoms with Crippen LogP contribution in [0.3, 0.4) is 0 Å². The van der Waals surface area contributed by atoms with Gasteiger partial charge in [0.1, 0.15) is 11.4 Å². The quantitative estimate of drug-likeness (QED) is 0.563. The third-order valence-electron chi connectivity index (χ3n) is 4.75. The molecule has 0 aliphatic carbocycles. The molecule has 140 valence electrons. The second kappa shape index (κ2) is 7.40. The van der Waals surface area contributed by atoms with E-state index in [4.69, 9.17) is 0 Å². The van der Waals surface area contributed by atoms with Crippen LogP contribution in [0.5, 0.6) is 0 Å². The molecule has 0 saturated heterocycles. The minimum atomic E-state index is -0.261. The summed E-state index contributed by atoms with van der Waals surface area (Å²) < 4.78 is 1.36. The van der Waals surface area contributed by atoms with Crippen molar-refractivity contribution in [3.05, 3.63) is 81.7 Å². The van der Waals surface area contributed by atoms with Crippen molar-refractivity contribution in [3.8, 4) is 11.1 Å². The Kier molecular flexibility index (Phi) is 4.79. The van der Waals surface area contributed by atoms with E-state index in [2.05, 4.69) is 10.3 Å². The summed E-state index contributed by atoms with van der Waals surface area (Å²) >= 11 is 1.43. The largest absolute Gasteiger partial charge is 0.325 e. The molecule has 4 rings (SSSR count). The Labute approximate surface area is 166 Å². The maximum Gasteiger partial charge on any atom is 0.263 e. The molecule has 0 unspecified atom stereocenters. The zero-order valence-corrected chi connectivity index (χ0v) is 16.4. The van der Waals surface area contributed by atoms with E-state index in [1.54, 1.807) is 0 Å². The zero-order chi connectivity index (χ0) is 19.7. The number of aromatic nitrogens is 2. The van der Waals surface area contributed by atoms with Gasteiger partial charge in [-0.15, -0.1) is 11.3 Å². The van der Waals surface area contributed by atoms with Crippen LogP contribution < -0.4 is 10.9 Å². The highest BCUT2D eigenvalue weighted by Crippen LogP contribution is 2.30. The van der Waals surface area contributed by atoms with Gasteiger partial charge < -0.3 is 5.32 Å². The highest BCUT2D eigenvalue weighted by atomic mass is 32.1.